The summed E-state index contributed by atoms with van der Waals surface area (Å²) in [6.45, 7) is 3.72. The van der Waals surface area contributed by atoms with E-state index in [4.69, 9.17) is 0 Å². The zero-order chi connectivity index (χ0) is 9.56. The molecule has 1 atom stereocenters. The van der Waals surface area contributed by atoms with Crippen LogP contribution in [0.3, 0.4) is 0 Å². The molecule has 0 unspecified atom stereocenters. The SMILES string of the molecule is CCOC(=O)[C@@H](CC)C(=O)OC. The fourth-order valence-electron chi connectivity index (χ4n) is 0.815. The Morgan fingerprint density at radius 2 is 1.83 bits per heavy atom. The summed E-state index contributed by atoms with van der Waals surface area (Å²) in [6, 6.07) is 0. The smallest absolute Gasteiger partial charge is 0.320 e. The van der Waals surface area contributed by atoms with E-state index in [0.29, 0.717) is 6.42 Å². The molecule has 4 nitrogen and oxygen atoms in total. The number of hydrogen-bond acceptors (Lipinski definition) is 4. The molecular weight excluding hydrogens is 160 g/mol. The van der Waals surface area contributed by atoms with Gasteiger partial charge in [0.15, 0.2) is 5.92 Å². The van der Waals surface area contributed by atoms with Gasteiger partial charge in [-0.05, 0) is 13.3 Å². The number of carbonyl (C=O) groups excluding carboxylic acids is 2. The summed E-state index contributed by atoms with van der Waals surface area (Å²) in [6.07, 6.45) is 0.408. The Labute approximate surface area is 71.8 Å². The molecule has 0 amide bonds. The standard InChI is InChI=1S/C8H14O4/c1-4-6(7(9)11-3)8(10)12-5-2/h6H,4-5H2,1-3H3/t6-/m0/s1. The summed E-state index contributed by atoms with van der Waals surface area (Å²) in [5.74, 6) is -1.81. The Kier molecular flexibility index (Phi) is 5.08. The topological polar surface area (TPSA) is 52.6 Å². The lowest BCUT2D eigenvalue weighted by molar-refractivity contribution is -0.160. The van der Waals surface area contributed by atoms with E-state index in [1.807, 2.05) is 0 Å². The molecule has 0 aromatic heterocycles. The van der Waals surface area contributed by atoms with E-state index in [1.54, 1.807) is 13.8 Å². The predicted molar refractivity (Wildman–Crippen MR) is 42.4 cm³/mol. The molecule has 0 fully saturated rings. The molecule has 70 valence electrons. The first-order chi connectivity index (χ1) is 5.67. The van der Waals surface area contributed by atoms with E-state index >= 15 is 0 Å². The van der Waals surface area contributed by atoms with Crippen molar-refractivity contribution in [3.63, 3.8) is 0 Å². The van der Waals surface area contributed by atoms with Crippen LogP contribution in [0.4, 0.5) is 0 Å². The van der Waals surface area contributed by atoms with Gasteiger partial charge in [0.2, 0.25) is 0 Å². The monoisotopic (exact) mass is 174 g/mol. The van der Waals surface area contributed by atoms with Crippen LogP contribution in [0.25, 0.3) is 0 Å². The van der Waals surface area contributed by atoms with Crippen LogP contribution in [-0.4, -0.2) is 25.7 Å². The van der Waals surface area contributed by atoms with Gasteiger partial charge in [0, 0.05) is 0 Å². The Morgan fingerprint density at radius 1 is 1.25 bits per heavy atom. The highest BCUT2D eigenvalue weighted by molar-refractivity contribution is 5.94. The highest BCUT2D eigenvalue weighted by atomic mass is 16.5. The van der Waals surface area contributed by atoms with Crippen LogP contribution in [0.2, 0.25) is 0 Å². The molecule has 0 heterocycles. The van der Waals surface area contributed by atoms with Gasteiger partial charge >= 0.3 is 11.9 Å². The van der Waals surface area contributed by atoms with Gasteiger partial charge in [-0.3, -0.25) is 9.59 Å². The highest BCUT2D eigenvalue weighted by Crippen LogP contribution is 2.06. The second-order valence-corrected chi connectivity index (χ2v) is 2.24. The van der Waals surface area contributed by atoms with Gasteiger partial charge < -0.3 is 9.47 Å². The minimum atomic E-state index is -0.769. The molecule has 0 aliphatic heterocycles. The molecule has 12 heavy (non-hydrogen) atoms. The van der Waals surface area contributed by atoms with Gasteiger partial charge in [-0.25, -0.2) is 0 Å². The Hall–Kier alpha value is -1.06. The lowest BCUT2D eigenvalue weighted by atomic mass is 10.1. The largest absolute Gasteiger partial charge is 0.468 e. The molecule has 0 bridgehead atoms. The second-order valence-electron chi connectivity index (χ2n) is 2.24. The molecule has 0 N–H and O–H groups in total. The Bertz CT molecular complexity index is 164. The predicted octanol–water partition coefficient (Wildman–Crippen LogP) is 0.749. The van der Waals surface area contributed by atoms with Crippen molar-refractivity contribution in [1.82, 2.24) is 0 Å². The van der Waals surface area contributed by atoms with Crippen LogP contribution in [0.1, 0.15) is 20.3 Å². The molecule has 4 heteroatoms. The van der Waals surface area contributed by atoms with Crippen molar-refractivity contribution in [1.29, 1.82) is 0 Å². The third-order valence-electron chi connectivity index (χ3n) is 1.47. The number of ether oxygens (including phenoxy) is 2. The van der Waals surface area contributed by atoms with Crippen molar-refractivity contribution < 1.29 is 19.1 Å². The van der Waals surface area contributed by atoms with Crippen LogP contribution >= 0.6 is 0 Å². The summed E-state index contributed by atoms with van der Waals surface area (Å²) < 4.78 is 9.11. The molecule has 0 saturated carbocycles. The maximum atomic E-state index is 11.1. The third kappa shape index (κ3) is 2.90. The van der Waals surface area contributed by atoms with Crippen molar-refractivity contribution in [3.8, 4) is 0 Å². The maximum absolute atomic E-state index is 11.1. The molecule has 0 rings (SSSR count). The first-order valence-electron chi connectivity index (χ1n) is 3.91. The third-order valence-corrected chi connectivity index (χ3v) is 1.47. The minimum absolute atomic E-state index is 0.284. The quantitative estimate of drug-likeness (QED) is 0.466. The van der Waals surface area contributed by atoms with Crippen molar-refractivity contribution in [2.24, 2.45) is 5.92 Å². The van der Waals surface area contributed by atoms with Crippen molar-refractivity contribution in [2.75, 3.05) is 13.7 Å². The summed E-state index contributed by atoms with van der Waals surface area (Å²) in [4.78, 5) is 22.0. The number of esters is 2. The van der Waals surface area contributed by atoms with Gasteiger partial charge in [0.25, 0.3) is 0 Å². The van der Waals surface area contributed by atoms with E-state index in [9.17, 15) is 9.59 Å². The van der Waals surface area contributed by atoms with Crippen LogP contribution in [-0.2, 0) is 19.1 Å². The van der Waals surface area contributed by atoms with Crippen molar-refractivity contribution >= 4 is 11.9 Å². The van der Waals surface area contributed by atoms with E-state index in [2.05, 4.69) is 9.47 Å². The van der Waals surface area contributed by atoms with Crippen LogP contribution < -0.4 is 0 Å². The zero-order valence-corrected chi connectivity index (χ0v) is 7.62. The molecular formula is C8H14O4. The van der Waals surface area contributed by atoms with E-state index in [0.717, 1.165) is 0 Å². The summed E-state index contributed by atoms with van der Waals surface area (Å²) in [5, 5.41) is 0. The minimum Gasteiger partial charge on any atom is -0.468 e. The maximum Gasteiger partial charge on any atom is 0.320 e. The number of carbonyl (C=O) groups is 2. The lowest BCUT2D eigenvalue weighted by Crippen LogP contribution is -2.26. The first-order valence-corrected chi connectivity index (χ1v) is 3.91. The van der Waals surface area contributed by atoms with Gasteiger partial charge in [-0.2, -0.15) is 0 Å². The average molecular weight is 174 g/mol. The fraction of sp³-hybridized carbons (Fsp3) is 0.750. The van der Waals surface area contributed by atoms with Crippen molar-refractivity contribution in [3.05, 3.63) is 0 Å². The summed E-state index contributed by atoms with van der Waals surface area (Å²) >= 11 is 0. The lowest BCUT2D eigenvalue weighted by Gasteiger charge is -2.10. The Morgan fingerprint density at radius 3 is 2.17 bits per heavy atom. The van der Waals surface area contributed by atoms with E-state index in [-0.39, 0.29) is 6.61 Å². The van der Waals surface area contributed by atoms with Crippen LogP contribution in [0, 0.1) is 5.92 Å². The fourth-order valence-corrected chi connectivity index (χ4v) is 0.815. The average Bonchev–Trinajstić information content (AvgIpc) is 2.06. The molecule has 0 aromatic carbocycles. The zero-order valence-electron chi connectivity index (χ0n) is 7.62. The Balaban J connectivity index is 4.14. The molecule has 0 radical (unpaired) electrons. The second kappa shape index (κ2) is 5.57. The van der Waals surface area contributed by atoms with Gasteiger partial charge in [0.1, 0.15) is 0 Å². The molecule has 0 spiro atoms. The molecule has 0 aliphatic rings. The van der Waals surface area contributed by atoms with Gasteiger partial charge in [-0.1, -0.05) is 6.92 Å². The summed E-state index contributed by atoms with van der Waals surface area (Å²) in [5.41, 5.74) is 0. The number of methoxy groups -OCH3 is 1. The molecule has 0 aliphatic carbocycles. The van der Waals surface area contributed by atoms with E-state index in [1.165, 1.54) is 7.11 Å². The van der Waals surface area contributed by atoms with Gasteiger partial charge in [-0.15, -0.1) is 0 Å². The number of rotatable bonds is 4. The molecule has 0 aromatic rings. The van der Waals surface area contributed by atoms with Gasteiger partial charge in [0.05, 0.1) is 13.7 Å². The first kappa shape index (κ1) is 10.9. The van der Waals surface area contributed by atoms with E-state index < -0.39 is 17.9 Å². The summed E-state index contributed by atoms with van der Waals surface area (Å²) in [7, 11) is 1.25. The normalized spacial score (nSPS) is 11.9. The molecule has 0 saturated heterocycles. The number of hydrogen-bond donors (Lipinski definition) is 0. The van der Waals surface area contributed by atoms with Crippen LogP contribution in [0.15, 0.2) is 0 Å². The van der Waals surface area contributed by atoms with Crippen molar-refractivity contribution in [2.45, 2.75) is 20.3 Å². The highest BCUT2D eigenvalue weighted by Gasteiger charge is 2.26. The van der Waals surface area contributed by atoms with Crippen LogP contribution in [0.5, 0.6) is 0 Å².